The molecule has 1 aliphatic carbocycles. The van der Waals surface area contributed by atoms with Crippen LogP contribution in [0.25, 0.3) is 0 Å². The second-order valence-electron chi connectivity index (χ2n) is 5.64. The van der Waals surface area contributed by atoms with Gasteiger partial charge in [-0.15, -0.1) is 0 Å². The van der Waals surface area contributed by atoms with Gasteiger partial charge in [0.25, 0.3) is 0 Å². The van der Waals surface area contributed by atoms with Crippen LogP contribution in [0.5, 0.6) is 5.75 Å². The van der Waals surface area contributed by atoms with E-state index in [4.69, 9.17) is 4.74 Å². The lowest BCUT2D eigenvalue weighted by Gasteiger charge is -2.29. The average molecular weight is 295 g/mol. The molecule has 0 spiro atoms. The van der Waals surface area contributed by atoms with Gasteiger partial charge in [0, 0.05) is 34.9 Å². The maximum atomic E-state index is 11.2. The fourth-order valence-corrected chi connectivity index (χ4v) is 3.55. The predicted molar refractivity (Wildman–Crippen MR) is 84.8 cm³/mol. The maximum absolute atomic E-state index is 11.2. The SMILES string of the molecule is COc1ccc2c(c1)CCCC2NC(C)CCS(C)=O. The predicted octanol–water partition coefficient (Wildman–Crippen LogP) is 2.82. The zero-order valence-electron chi connectivity index (χ0n) is 12.6. The molecule has 112 valence electrons. The Labute approximate surface area is 124 Å². The lowest BCUT2D eigenvalue weighted by Crippen LogP contribution is -2.33. The number of aryl methyl sites for hydroxylation is 1. The largest absolute Gasteiger partial charge is 0.497 e. The number of nitrogens with one attached hydrogen (secondary N) is 1. The second kappa shape index (κ2) is 7.23. The molecule has 0 saturated carbocycles. The summed E-state index contributed by atoms with van der Waals surface area (Å²) in [5.41, 5.74) is 2.81. The molecular formula is C16H25NO2S. The first kappa shape index (κ1) is 15.5. The van der Waals surface area contributed by atoms with Crippen LogP contribution in [0.4, 0.5) is 0 Å². The van der Waals surface area contributed by atoms with Crippen LogP contribution in [-0.4, -0.2) is 29.4 Å². The van der Waals surface area contributed by atoms with E-state index >= 15 is 0 Å². The van der Waals surface area contributed by atoms with Crippen molar-refractivity contribution in [2.45, 2.75) is 44.7 Å². The molecule has 0 bridgehead atoms. The van der Waals surface area contributed by atoms with Gasteiger partial charge in [-0.1, -0.05) is 6.07 Å². The van der Waals surface area contributed by atoms with Gasteiger partial charge in [-0.2, -0.15) is 0 Å². The van der Waals surface area contributed by atoms with E-state index in [1.54, 1.807) is 13.4 Å². The highest BCUT2D eigenvalue weighted by Gasteiger charge is 2.21. The van der Waals surface area contributed by atoms with Crippen LogP contribution >= 0.6 is 0 Å². The molecule has 3 atom stereocenters. The first-order chi connectivity index (χ1) is 9.60. The molecule has 0 saturated heterocycles. The van der Waals surface area contributed by atoms with Gasteiger partial charge < -0.3 is 10.1 Å². The molecule has 0 radical (unpaired) electrons. The van der Waals surface area contributed by atoms with Gasteiger partial charge in [0.05, 0.1) is 7.11 Å². The lowest BCUT2D eigenvalue weighted by molar-refractivity contribution is 0.396. The van der Waals surface area contributed by atoms with E-state index in [1.165, 1.54) is 24.0 Å². The van der Waals surface area contributed by atoms with Gasteiger partial charge in [0.2, 0.25) is 0 Å². The van der Waals surface area contributed by atoms with Crippen LogP contribution in [0, 0.1) is 0 Å². The Morgan fingerprint density at radius 3 is 3.00 bits per heavy atom. The van der Waals surface area contributed by atoms with E-state index in [2.05, 4.69) is 24.4 Å². The number of hydrogen-bond acceptors (Lipinski definition) is 3. The third-order valence-electron chi connectivity index (χ3n) is 3.99. The van der Waals surface area contributed by atoms with Crippen LogP contribution in [0.15, 0.2) is 18.2 Å². The van der Waals surface area contributed by atoms with Crippen molar-refractivity contribution >= 4 is 10.8 Å². The first-order valence-electron chi connectivity index (χ1n) is 7.33. The highest BCUT2D eigenvalue weighted by molar-refractivity contribution is 7.84. The van der Waals surface area contributed by atoms with Crippen LogP contribution in [0.3, 0.4) is 0 Å². The van der Waals surface area contributed by atoms with Crippen molar-refractivity contribution in [1.29, 1.82) is 0 Å². The van der Waals surface area contributed by atoms with Crippen molar-refractivity contribution in [3.63, 3.8) is 0 Å². The topological polar surface area (TPSA) is 38.3 Å². The number of rotatable bonds is 6. The minimum atomic E-state index is -0.699. The third-order valence-corrected chi connectivity index (χ3v) is 4.80. The number of ether oxygens (including phenoxy) is 1. The number of methoxy groups -OCH3 is 1. The Morgan fingerprint density at radius 1 is 1.50 bits per heavy atom. The standard InChI is InChI=1S/C16H25NO2S/c1-12(9-10-20(3)18)17-16-6-4-5-13-11-14(19-2)7-8-15(13)16/h7-8,11-12,16-17H,4-6,9-10H2,1-3H3. The number of benzene rings is 1. The van der Waals surface area contributed by atoms with Gasteiger partial charge in [-0.3, -0.25) is 4.21 Å². The summed E-state index contributed by atoms with van der Waals surface area (Å²) in [6.45, 7) is 2.19. The number of fused-ring (bicyclic) bond motifs is 1. The minimum absolute atomic E-state index is 0.400. The molecule has 1 aliphatic rings. The summed E-state index contributed by atoms with van der Waals surface area (Å²) in [5.74, 6) is 1.72. The molecule has 20 heavy (non-hydrogen) atoms. The molecule has 3 nitrogen and oxygen atoms in total. The minimum Gasteiger partial charge on any atom is -0.497 e. The van der Waals surface area contributed by atoms with E-state index in [9.17, 15) is 4.21 Å². The third kappa shape index (κ3) is 4.06. The summed E-state index contributed by atoms with van der Waals surface area (Å²) in [4.78, 5) is 0. The highest BCUT2D eigenvalue weighted by Crippen LogP contribution is 2.32. The Bertz CT molecular complexity index is 476. The Hall–Kier alpha value is -0.870. The molecule has 2 rings (SSSR count). The molecule has 1 N–H and O–H groups in total. The molecule has 0 fully saturated rings. The monoisotopic (exact) mass is 295 g/mol. The van der Waals surface area contributed by atoms with Crippen LogP contribution in [0.1, 0.15) is 43.4 Å². The summed E-state index contributed by atoms with van der Waals surface area (Å²) >= 11 is 0. The van der Waals surface area contributed by atoms with Crippen LogP contribution < -0.4 is 10.1 Å². The Morgan fingerprint density at radius 2 is 2.30 bits per heavy atom. The Kier molecular flexibility index (Phi) is 5.61. The summed E-state index contributed by atoms with van der Waals surface area (Å²) in [6.07, 6.45) is 6.27. The maximum Gasteiger partial charge on any atom is 0.119 e. The fraction of sp³-hybridized carbons (Fsp3) is 0.625. The smallest absolute Gasteiger partial charge is 0.119 e. The summed E-state index contributed by atoms with van der Waals surface area (Å²) in [6, 6.07) is 7.22. The van der Waals surface area contributed by atoms with Crippen molar-refractivity contribution in [3.05, 3.63) is 29.3 Å². The van der Waals surface area contributed by atoms with Crippen molar-refractivity contribution in [2.24, 2.45) is 0 Å². The average Bonchev–Trinajstić information content (AvgIpc) is 2.45. The van der Waals surface area contributed by atoms with Crippen molar-refractivity contribution in [1.82, 2.24) is 5.32 Å². The summed E-state index contributed by atoms with van der Waals surface area (Å²) < 4.78 is 16.5. The summed E-state index contributed by atoms with van der Waals surface area (Å²) in [5, 5.41) is 3.69. The molecule has 0 aromatic heterocycles. The van der Waals surface area contributed by atoms with Gasteiger partial charge in [0.15, 0.2) is 0 Å². The molecular weight excluding hydrogens is 270 g/mol. The van der Waals surface area contributed by atoms with Gasteiger partial charge >= 0.3 is 0 Å². The molecule has 0 heterocycles. The molecule has 0 amide bonds. The molecule has 4 heteroatoms. The highest BCUT2D eigenvalue weighted by atomic mass is 32.2. The van der Waals surface area contributed by atoms with Crippen molar-refractivity contribution < 1.29 is 8.95 Å². The molecule has 0 aliphatic heterocycles. The second-order valence-corrected chi connectivity index (χ2v) is 7.20. The van der Waals surface area contributed by atoms with Crippen LogP contribution in [-0.2, 0) is 17.2 Å². The van der Waals surface area contributed by atoms with Gasteiger partial charge in [-0.05, 0) is 55.9 Å². The fourth-order valence-electron chi connectivity index (χ4n) is 2.86. The molecule has 3 unspecified atom stereocenters. The molecule has 1 aromatic rings. The normalized spacial score (nSPS) is 21.1. The zero-order valence-corrected chi connectivity index (χ0v) is 13.5. The van der Waals surface area contributed by atoms with E-state index in [0.29, 0.717) is 12.1 Å². The van der Waals surface area contributed by atoms with Gasteiger partial charge in [-0.25, -0.2) is 0 Å². The lowest BCUT2D eigenvalue weighted by atomic mass is 9.87. The van der Waals surface area contributed by atoms with E-state index in [0.717, 1.165) is 24.3 Å². The number of hydrogen-bond donors (Lipinski definition) is 1. The molecule has 1 aromatic carbocycles. The van der Waals surface area contributed by atoms with Crippen LogP contribution in [0.2, 0.25) is 0 Å². The van der Waals surface area contributed by atoms with E-state index in [-0.39, 0.29) is 0 Å². The van der Waals surface area contributed by atoms with Gasteiger partial charge in [0.1, 0.15) is 5.75 Å². The van der Waals surface area contributed by atoms with Crippen molar-refractivity contribution in [3.8, 4) is 5.75 Å². The Balaban J connectivity index is 2.02. The first-order valence-corrected chi connectivity index (χ1v) is 9.05. The van der Waals surface area contributed by atoms with E-state index < -0.39 is 10.8 Å². The zero-order chi connectivity index (χ0) is 14.5. The quantitative estimate of drug-likeness (QED) is 0.877. The van der Waals surface area contributed by atoms with E-state index in [1.807, 2.05) is 6.07 Å². The summed E-state index contributed by atoms with van der Waals surface area (Å²) in [7, 11) is 1.02. The van der Waals surface area contributed by atoms with Crippen molar-refractivity contribution in [2.75, 3.05) is 19.1 Å².